The Balaban J connectivity index is -0.000000388. The van der Waals surface area contributed by atoms with Crippen LogP contribution < -0.4 is 21.7 Å². The SMILES string of the molecule is O.O.O=C([O-])/C=C/c1ccccc1.O=C([O-])/C=C/c1ccccc1.[NH3+]CCCCCC[NH3+]. The summed E-state index contributed by atoms with van der Waals surface area (Å²) in [6.45, 7) is 2.19. The molecule has 0 aliphatic rings. The molecule has 0 radical (unpaired) electrons. The van der Waals surface area contributed by atoms with E-state index in [9.17, 15) is 19.8 Å². The topological polar surface area (TPSA) is 199 Å². The van der Waals surface area contributed by atoms with E-state index in [2.05, 4.69) is 11.5 Å². The summed E-state index contributed by atoms with van der Waals surface area (Å²) in [5.74, 6) is -2.34. The van der Waals surface area contributed by atoms with Crippen LogP contribution in [0.2, 0.25) is 0 Å². The van der Waals surface area contributed by atoms with Crippen molar-refractivity contribution in [1.82, 2.24) is 0 Å². The van der Waals surface area contributed by atoms with Gasteiger partial charge in [0, 0.05) is 0 Å². The average Bonchev–Trinajstić information content (AvgIpc) is 2.76. The van der Waals surface area contributed by atoms with Gasteiger partial charge in [-0.25, -0.2) is 0 Å². The average molecular weight is 449 g/mol. The molecule has 0 aliphatic heterocycles. The monoisotopic (exact) mass is 448 g/mol. The zero-order valence-electron chi connectivity index (χ0n) is 18.4. The lowest BCUT2D eigenvalue weighted by Gasteiger charge is -1.91. The molecule has 2 aromatic carbocycles. The van der Waals surface area contributed by atoms with Gasteiger partial charge >= 0.3 is 0 Å². The van der Waals surface area contributed by atoms with Gasteiger partial charge in [0.15, 0.2) is 0 Å². The van der Waals surface area contributed by atoms with Crippen LogP contribution in [0.25, 0.3) is 12.2 Å². The van der Waals surface area contributed by atoms with E-state index < -0.39 is 11.9 Å². The number of unbranched alkanes of at least 4 members (excludes halogenated alkanes) is 3. The maximum Gasteiger partial charge on any atom is 0.0739 e. The van der Waals surface area contributed by atoms with Gasteiger partial charge in [0.1, 0.15) is 0 Å². The zero-order valence-corrected chi connectivity index (χ0v) is 18.4. The second kappa shape index (κ2) is 24.0. The van der Waals surface area contributed by atoms with E-state index in [-0.39, 0.29) is 11.0 Å². The van der Waals surface area contributed by atoms with E-state index in [1.807, 2.05) is 60.7 Å². The summed E-state index contributed by atoms with van der Waals surface area (Å²) in [7, 11) is 0. The third-order valence-electron chi connectivity index (χ3n) is 3.67. The molecule has 8 nitrogen and oxygen atoms in total. The lowest BCUT2D eigenvalue weighted by Crippen LogP contribution is -2.50. The van der Waals surface area contributed by atoms with Crippen LogP contribution in [0, 0.1) is 0 Å². The zero-order chi connectivity index (χ0) is 22.5. The van der Waals surface area contributed by atoms with Crippen molar-refractivity contribution in [3.05, 3.63) is 83.9 Å². The van der Waals surface area contributed by atoms with E-state index >= 15 is 0 Å². The molecule has 0 saturated heterocycles. The Kier molecular flexibility index (Phi) is 25.0. The van der Waals surface area contributed by atoms with E-state index in [1.54, 1.807) is 0 Å². The van der Waals surface area contributed by atoms with Crippen molar-refractivity contribution < 1.29 is 42.2 Å². The Morgan fingerprint density at radius 1 is 0.625 bits per heavy atom. The molecule has 0 bridgehead atoms. The molecule has 0 atom stereocenters. The van der Waals surface area contributed by atoms with Crippen molar-refractivity contribution in [3.8, 4) is 0 Å². The van der Waals surface area contributed by atoms with E-state index in [1.165, 1.54) is 37.8 Å². The molecule has 0 amide bonds. The number of quaternary nitrogens is 2. The van der Waals surface area contributed by atoms with Crippen LogP contribution in [0.3, 0.4) is 0 Å². The summed E-state index contributed by atoms with van der Waals surface area (Å²) >= 11 is 0. The Hall–Kier alpha value is -3.30. The highest BCUT2D eigenvalue weighted by Gasteiger charge is 1.86. The molecule has 0 aliphatic carbocycles. The van der Waals surface area contributed by atoms with Crippen molar-refractivity contribution in [3.63, 3.8) is 0 Å². The molecular weight excluding hydrogens is 412 g/mol. The third-order valence-corrected chi connectivity index (χ3v) is 3.67. The molecule has 0 aromatic heterocycles. The standard InChI is InChI=1S/2C9H8O2.C6H16N2.2H2O/c2*10-9(11)7-6-8-4-2-1-3-5-8;7-5-3-1-2-4-6-8;;/h2*1-7H,(H,10,11);1-8H2;2*1H2/b2*7-6+;;;. The molecule has 8 heteroatoms. The number of benzene rings is 2. The van der Waals surface area contributed by atoms with Crippen LogP contribution in [-0.4, -0.2) is 36.0 Å². The van der Waals surface area contributed by atoms with Gasteiger partial charge in [0.2, 0.25) is 0 Å². The van der Waals surface area contributed by atoms with Gasteiger partial charge in [0.25, 0.3) is 0 Å². The van der Waals surface area contributed by atoms with Gasteiger partial charge in [-0.05, 0) is 49.0 Å². The fourth-order valence-corrected chi connectivity index (χ4v) is 2.16. The van der Waals surface area contributed by atoms with E-state index in [0.717, 1.165) is 36.4 Å². The highest BCUT2D eigenvalue weighted by Crippen LogP contribution is 2.00. The maximum atomic E-state index is 9.97. The number of rotatable bonds is 9. The largest absolute Gasteiger partial charge is 0.545 e. The van der Waals surface area contributed by atoms with Gasteiger partial charge in [-0.3, -0.25) is 0 Å². The van der Waals surface area contributed by atoms with Crippen LogP contribution in [0.5, 0.6) is 0 Å². The Morgan fingerprint density at radius 2 is 0.938 bits per heavy atom. The third kappa shape index (κ3) is 23.0. The number of hydrogen-bond acceptors (Lipinski definition) is 4. The molecule has 178 valence electrons. The van der Waals surface area contributed by atoms with Crippen LogP contribution in [0.15, 0.2) is 72.8 Å². The molecule has 2 rings (SSSR count). The summed E-state index contributed by atoms with van der Waals surface area (Å²) in [5.41, 5.74) is 9.25. The van der Waals surface area contributed by atoms with Crippen molar-refractivity contribution in [2.75, 3.05) is 13.1 Å². The Morgan fingerprint density at radius 3 is 1.19 bits per heavy atom. The number of aliphatic carboxylic acids is 2. The molecule has 2 aromatic rings. The minimum atomic E-state index is -1.17. The molecule has 32 heavy (non-hydrogen) atoms. The highest BCUT2D eigenvalue weighted by molar-refractivity contribution is 5.83. The number of carboxylic acid groups (broad SMARTS) is 2. The summed E-state index contributed by atoms with van der Waals surface area (Å²) in [4.78, 5) is 19.9. The fraction of sp³-hybridized carbons (Fsp3) is 0.250. The van der Waals surface area contributed by atoms with Gasteiger partial charge in [-0.1, -0.05) is 72.8 Å². The predicted molar refractivity (Wildman–Crippen MR) is 122 cm³/mol. The van der Waals surface area contributed by atoms with Gasteiger partial charge in [-0.15, -0.1) is 0 Å². The molecule has 0 saturated carbocycles. The maximum absolute atomic E-state index is 9.97. The van der Waals surface area contributed by atoms with Crippen molar-refractivity contribution in [2.45, 2.75) is 25.7 Å². The van der Waals surface area contributed by atoms with Crippen LogP contribution >= 0.6 is 0 Å². The lowest BCUT2D eigenvalue weighted by molar-refractivity contribution is -0.371. The summed E-state index contributed by atoms with van der Waals surface area (Å²) < 4.78 is 0. The lowest BCUT2D eigenvalue weighted by atomic mass is 10.2. The second-order valence-electron chi connectivity index (χ2n) is 6.25. The number of hydrogen-bond donors (Lipinski definition) is 2. The van der Waals surface area contributed by atoms with Gasteiger partial charge in [-0.2, -0.15) is 0 Å². The number of carbonyl (C=O) groups is 2. The smallest absolute Gasteiger partial charge is 0.0739 e. The predicted octanol–water partition coefficient (Wildman–Crippen LogP) is -1.72. The first-order valence-corrected chi connectivity index (χ1v) is 9.96. The second-order valence-corrected chi connectivity index (χ2v) is 6.25. The summed E-state index contributed by atoms with van der Waals surface area (Å²) in [6.07, 6.45) is 10.3. The first kappa shape index (κ1) is 33.3. The highest BCUT2D eigenvalue weighted by atomic mass is 16.4. The molecule has 0 fully saturated rings. The minimum Gasteiger partial charge on any atom is -0.545 e. The molecule has 0 spiro atoms. The summed E-state index contributed by atoms with van der Waals surface area (Å²) in [5, 5.41) is 19.9. The molecule has 0 heterocycles. The molecule has 10 N–H and O–H groups in total. The van der Waals surface area contributed by atoms with Crippen LogP contribution in [0.4, 0.5) is 0 Å². The van der Waals surface area contributed by atoms with Crippen molar-refractivity contribution >= 4 is 24.1 Å². The quantitative estimate of drug-likeness (QED) is 0.340. The number of carboxylic acids is 2. The van der Waals surface area contributed by atoms with E-state index in [0.29, 0.717) is 0 Å². The van der Waals surface area contributed by atoms with Gasteiger partial charge < -0.3 is 42.2 Å². The molecular formula is C24H36N2O6. The van der Waals surface area contributed by atoms with Crippen molar-refractivity contribution in [2.24, 2.45) is 0 Å². The van der Waals surface area contributed by atoms with E-state index in [4.69, 9.17) is 0 Å². The summed E-state index contributed by atoms with van der Waals surface area (Å²) in [6, 6.07) is 18.4. The number of carbonyl (C=O) groups excluding carboxylic acids is 2. The first-order chi connectivity index (χ1) is 14.5. The first-order valence-electron chi connectivity index (χ1n) is 9.96. The van der Waals surface area contributed by atoms with Gasteiger partial charge in [0.05, 0.1) is 25.0 Å². The van der Waals surface area contributed by atoms with Crippen LogP contribution in [-0.2, 0) is 9.59 Å². The van der Waals surface area contributed by atoms with Crippen LogP contribution in [0.1, 0.15) is 36.8 Å². The minimum absolute atomic E-state index is 0. The van der Waals surface area contributed by atoms with Crippen molar-refractivity contribution in [1.29, 1.82) is 0 Å². The molecule has 0 unspecified atom stereocenters. The fourth-order valence-electron chi connectivity index (χ4n) is 2.16. The normalized spacial score (nSPS) is 9.44. The Labute approximate surface area is 189 Å². The Bertz CT molecular complexity index is 684.